The number of amides is 1. The summed E-state index contributed by atoms with van der Waals surface area (Å²) < 4.78 is 18.7. The first-order valence-corrected chi connectivity index (χ1v) is 10.1. The van der Waals surface area contributed by atoms with Gasteiger partial charge in [0.1, 0.15) is 11.6 Å². The third-order valence-electron chi connectivity index (χ3n) is 4.54. The lowest BCUT2D eigenvalue weighted by Gasteiger charge is -2.01. The predicted molar refractivity (Wildman–Crippen MR) is 113 cm³/mol. The Labute approximate surface area is 172 Å². The standard InChI is InChI=1S/C23H19FN2O2S/c1-2-15-3-5-16(6-4-15)13-19-14-25-23(29-19)26-22(27)21-12-11-20(28-21)17-7-9-18(24)10-8-17/h3-12,14H,2,13H2,1H3,(H,25,26,27). The van der Waals surface area contributed by atoms with Gasteiger partial charge in [-0.15, -0.1) is 11.3 Å². The molecule has 4 aromatic rings. The van der Waals surface area contributed by atoms with Gasteiger partial charge in [0.25, 0.3) is 5.91 Å². The number of aromatic nitrogens is 1. The second-order valence-corrected chi connectivity index (χ2v) is 7.72. The van der Waals surface area contributed by atoms with Crippen LogP contribution in [0.3, 0.4) is 0 Å². The van der Waals surface area contributed by atoms with Crippen molar-refractivity contribution in [2.24, 2.45) is 0 Å². The van der Waals surface area contributed by atoms with Crippen molar-refractivity contribution in [2.45, 2.75) is 19.8 Å². The van der Waals surface area contributed by atoms with E-state index in [0.717, 1.165) is 17.7 Å². The first-order chi connectivity index (χ1) is 14.1. The average molecular weight is 406 g/mol. The highest BCUT2D eigenvalue weighted by Gasteiger charge is 2.14. The van der Waals surface area contributed by atoms with Crippen LogP contribution in [0.15, 0.2) is 71.3 Å². The fourth-order valence-electron chi connectivity index (χ4n) is 2.93. The Morgan fingerprint density at radius 3 is 2.48 bits per heavy atom. The molecule has 0 unspecified atom stereocenters. The Bertz CT molecular complexity index is 1110. The van der Waals surface area contributed by atoms with Crippen molar-refractivity contribution in [1.82, 2.24) is 4.98 Å². The van der Waals surface area contributed by atoms with Gasteiger partial charge < -0.3 is 4.42 Å². The van der Waals surface area contributed by atoms with Crippen LogP contribution in [0.4, 0.5) is 9.52 Å². The normalized spacial score (nSPS) is 10.8. The molecule has 0 aliphatic heterocycles. The maximum absolute atomic E-state index is 13.1. The van der Waals surface area contributed by atoms with Gasteiger partial charge >= 0.3 is 0 Å². The molecule has 29 heavy (non-hydrogen) atoms. The third kappa shape index (κ3) is 4.60. The lowest BCUT2D eigenvalue weighted by Crippen LogP contribution is -2.10. The number of hydrogen-bond donors (Lipinski definition) is 1. The van der Waals surface area contributed by atoms with Crippen molar-refractivity contribution in [2.75, 3.05) is 5.32 Å². The van der Waals surface area contributed by atoms with Crippen LogP contribution in [0.25, 0.3) is 11.3 Å². The van der Waals surface area contributed by atoms with Gasteiger partial charge in [-0.3, -0.25) is 10.1 Å². The monoisotopic (exact) mass is 406 g/mol. The minimum Gasteiger partial charge on any atom is -0.451 e. The molecule has 6 heteroatoms. The molecule has 2 aromatic heterocycles. The molecule has 0 radical (unpaired) electrons. The van der Waals surface area contributed by atoms with Crippen LogP contribution in [0, 0.1) is 5.82 Å². The fraction of sp³-hybridized carbons (Fsp3) is 0.130. The summed E-state index contributed by atoms with van der Waals surface area (Å²) in [6.07, 6.45) is 3.57. The molecule has 0 atom stereocenters. The molecular weight excluding hydrogens is 387 g/mol. The van der Waals surface area contributed by atoms with Crippen molar-refractivity contribution in [3.05, 3.63) is 94.4 Å². The molecule has 146 valence electrons. The van der Waals surface area contributed by atoms with Crippen LogP contribution >= 0.6 is 11.3 Å². The lowest BCUT2D eigenvalue weighted by molar-refractivity contribution is 0.0997. The Hall–Kier alpha value is -3.25. The molecule has 0 saturated heterocycles. The summed E-state index contributed by atoms with van der Waals surface area (Å²) >= 11 is 1.44. The number of hydrogen-bond acceptors (Lipinski definition) is 4. The van der Waals surface area contributed by atoms with E-state index < -0.39 is 0 Å². The van der Waals surface area contributed by atoms with Gasteiger partial charge in [0, 0.05) is 23.1 Å². The van der Waals surface area contributed by atoms with Crippen LogP contribution in [0.2, 0.25) is 0 Å². The number of carbonyl (C=O) groups excluding carboxylic acids is 1. The molecule has 0 aliphatic rings. The van der Waals surface area contributed by atoms with Gasteiger partial charge in [0.2, 0.25) is 0 Å². The van der Waals surface area contributed by atoms with Crippen LogP contribution in [-0.2, 0) is 12.8 Å². The van der Waals surface area contributed by atoms with Crippen LogP contribution in [-0.4, -0.2) is 10.9 Å². The maximum atomic E-state index is 13.1. The van der Waals surface area contributed by atoms with Gasteiger partial charge in [-0.2, -0.15) is 0 Å². The van der Waals surface area contributed by atoms with E-state index in [0.29, 0.717) is 16.5 Å². The Balaban J connectivity index is 1.40. The van der Waals surface area contributed by atoms with E-state index in [4.69, 9.17) is 4.42 Å². The molecule has 2 aromatic carbocycles. The van der Waals surface area contributed by atoms with Gasteiger partial charge in [0.05, 0.1) is 0 Å². The Morgan fingerprint density at radius 1 is 1.03 bits per heavy atom. The lowest BCUT2D eigenvalue weighted by atomic mass is 10.1. The highest BCUT2D eigenvalue weighted by atomic mass is 32.1. The number of carbonyl (C=O) groups is 1. The number of nitrogens with one attached hydrogen (secondary N) is 1. The summed E-state index contributed by atoms with van der Waals surface area (Å²) in [6.45, 7) is 2.13. The smallest absolute Gasteiger partial charge is 0.293 e. The molecule has 0 bridgehead atoms. The second-order valence-electron chi connectivity index (χ2n) is 6.60. The minimum atomic E-state index is -0.369. The van der Waals surface area contributed by atoms with Gasteiger partial charge in [0.15, 0.2) is 10.9 Å². The van der Waals surface area contributed by atoms with E-state index in [-0.39, 0.29) is 17.5 Å². The molecule has 0 fully saturated rings. The maximum Gasteiger partial charge on any atom is 0.293 e. The quantitative estimate of drug-likeness (QED) is 0.431. The number of halogens is 1. The summed E-state index contributed by atoms with van der Waals surface area (Å²) in [7, 11) is 0. The molecule has 1 N–H and O–H groups in total. The zero-order valence-electron chi connectivity index (χ0n) is 15.8. The van der Waals surface area contributed by atoms with Crippen LogP contribution in [0.1, 0.15) is 33.5 Å². The summed E-state index contributed by atoms with van der Waals surface area (Å²) in [4.78, 5) is 17.8. The van der Waals surface area contributed by atoms with Gasteiger partial charge in [-0.05, 0) is 53.9 Å². The van der Waals surface area contributed by atoms with E-state index in [1.165, 1.54) is 34.6 Å². The van der Waals surface area contributed by atoms with Gasteiger partial charge in [-0.1, -0.05) is 31.2 Å². The molecule has 1 amide bonds. The molecule has 0 spiro atoms. The minimum absolute atomic E-state index is 0.177. The summed E-state index contributed by atoms with van der Waals surface area (Å²) in [5, 5.41) is 3.29. The van der Waals surface area contributed by atoms with E-state index in [1.807, 2.05) is 0 Å². The highest BCUT2D eigenvalue weighted by Crippen LogP contribution is 2.25. The van der Waals surface area contributed by atoms with Crippen molar-refractivity contribution >= 4 is 22.4 Å². The molecule has 0 saturated carbocycles. The number of aryl methyl sites for hydroxylation is 1. The molecule has 2 heterocycles. The third-order valence-corrected chi connectivity index (χ3v) is 5.45. The topological polar surface area (TPSA) is 55.1 Å². The largest absolute Gasteiger partial charge is 0.451 e. The highest BCUT2D eigenvalue weighted by molar-refractivity contribution is 7.15. The van der Waals surface area contributed by atoms with E-state index in [2.05, 4.69) is 41.5 Å². The Morgan fingerprint density at radius 2 is 1.76 bits per heavy atom. The van der Waals surface area contributed by atoms with E-state index in [1.54, 1.807) is 30.5 Å². The molecule has 0 aliphatic carbocycles. The number of furan rings is 1. The zero-order chi connectivity index (χ0) is 20.2. The summed E-state index contributed by atoms with van der Waals surface area (Å²) in [6, 6.07) is 17.7. The zero-order valence-corrected chi connectivity index (χ0v) is 16.6. The SMILES string of the molecule is CCc1ccc(Cc2cnc(NC(=O)c3ccc(-c4ccc(F)cc4)o3)s2)cc1. The van der Waals surface area contributed by atoms with Crippen LogP contribution in [0.5, 0.6) is 0 Å². The number of benzene rings is 2. The van der Waals surface area contributed by atoms with Crippen molar-refractivity contribution < 1.29 is 13.6 Å². The van der Waals surface area contributed by atoms with E-state index >= 15 is 0 Å². The van der Waals surface area contributed by atoms with E-state index in [9.17, 15) is 9.18 Å². The van der Waals surface area contributed by atoms with Crippen molar-refractivity contribution in [3.63, 3.8) is 0 Å². The molecule has 4 nitrogen and oxygen atoms in total. The Kier molecular flexibility index (Phi) is 5.53. The molecule has 4 rings (SSSR count). The van der Waals surface area contributed by atoms with Crippen molar-refractivity contribution in [3.8, 4) is 11.3 Å². The second kappa shape index (κ2) is 8.41. The predicted octanol–water partition coefficient (Wildman–Crippen LogP) is 5.95. The first-order valence-electron chi connectivity index (χ1n) is 9.30. The number of rotatable bonds is 6. The molecular formula is C23H19FN2O2S. The number of anilines is 1. The summed E-state index contributed by atoms with van der Waals surface area (Å²) in [5.74, 6) is -0.00699. The number of thiazole rings is 1. The summed E-state index contributed by atoms with van der Waals surface area (Å²) in [5.41, 5.74) is 3.22. The number of nitrogens with zero attached hydrogens (tertiary/aromatic N) is 1. The average Bonchev–Trinajstić information content (AvgIpc) is 3.39. The first kappa shape index (κ1) is 19.1. The van der Waals surface area contributed by atoms with Gasteiger partial charge in [-0.25, -0.2) is 9.37 Å². The van der Waals surface area contributed by atoms with Crippen LogP contribution < -0.4 is 5.32 Å². The van der Waals surface area contributed by atoms with Crippen molar-refractivity contribution in [1.29, 1.82) is 0 Å². The fourth-order valence-corrected chi connectivity index (χ4v) is 3.77.